The van der Waals surface area contributed by atoms with Gasteiger partial charge in [-0.25, -0.2) is 0 Å². The van der Waals surface area contributed by atoms with E-state index < -0.39 is 0 Å². The van der Waals surface area contributed by atoms with Crippen LogP contribution >= 0.6 is 39.9 Å². The van der Waals surface area contributed by atoms with Crippen molar-refractivity contribution in [1.29, 1.82) is 0 Å². The van der Waals surface area contributed by atoms with E-state index in [1.165, 1.54) is 5.56 Å². The Balaban J connectivity index is 0.00000112. The molecule has 0 amide bonds. The molecule has 1 aliphatic rings. The normalized spacial score (nSPS) is 20.8. The summed E-state index contributed by atoms with van der Waals surface area (Å²) in [6.45, 7) is 2.43. The Bertz CT molecular complexity index is 329. The molecule has 84 valence electrons. The quantitative estimate of drug-likeness (QED) is 0.860. The maximum absolute atomic E-state index is 5.92. The first-order valence-corrected chi connectivity index (χ1v) is 5.70. The zero-order valence-electron chi connectivity index (χ0n) is 8.00. The molecule has 0 unspecified atom stereocenters. The van der Waals surface area contributed by atoms with Gasteiger partial charge in [0.25, 0.3) is 0 Å². The maximum Gasteiger partial charge on any atom is 0.0662 e. The molecule has 0 bridgehead atoms. The molecule has 1 aliphatic heterocycles. The monoisotopic (exact) mass is 311 g/mol. The summed E-state index contributed by atoms with van der Waals surface area (Å²) in [6, 6.07) is 6.25. The van der Waals surface area contributed by atoms with Gasteiger partial charge >= 0.3 is 0 Å². The molecular formula is C10H12BrCl2NO. The largest absolute Gasteiger partial charge is 0.378 e. The fourth-order valence-electron chi connectivity index (χ4n) is 1.51. The number of halogens is 3. The SMILES string of the molecule is Cl.Clc1ccc([C@H]2COCCN2)cc1Br. The molecule has 1 saturated heterocycles. The lowest BCUT2D eigenvalue weighted by Gasteiger charge is -2.24. The second-order valence-electron chi connectivity index (χ2n) is 3.26. The highest BCUT2D eigenvalue weighted by Gasteiger charge is 2.15. The van der Waals surface area contributed by atoms with Crippen LogP contribution in [-0.4, -0.2) is 19.8 Å². The van der Waals surface area contributed by atoms with Crippen molar-refractivity contribution in [1.82, 2.24) is 5.32 Å². The van der Waals surface area contributed by atoms with Crippen molar-refractivity contribution in [3.8, 4) is 0 Å². The van der Waals surface area contributed by atoms with Crippen molar-refractivity contribution >= 4 is 39.9 Å². The Morgan fingerprint density at radius 2 is 2.27 bits per heavy atom. The summed E-state index contributed by atoms with van der Waals surface area (Å²) in [7, 11) is 0. The molecule has 0 aromatic heterocycles. The molecule has 1 fully saturated rings. The summed E-state index contributed by atoms with van der Waals surface area (Å²) in [5, 5.41) is 4.13. The third-order valence-corrected chi connectivity index (χ3v) is 3.48. The van der Waals surface area contributed by atoms with Gasteiger partial charge in [0.1, 0.15) is 0 Å². The second kappa shape index (κ2) is 6.06. The first-order chi connectivity index (χ1) is 6.77. The molecular weight excluding hydrogens is 301 g/mol. The minimum atomic E-state index is 0. The highest BCUT2D eigenvalue weighted by atomic mass is 79.9. The molecule has 1 aromatic carbocycles. The van der Waals surface area contributed by atoms with Crippen LogP contribution < -0.4 is 5.32 Å². The van der Waals surface area contributed by atoms with Crippen molar-refractivity contribution < 1.29 is 4.74 Å². The molecule has 15 heavy (non-hydrogen) atoms. The lowest BCUT2D eigenvalue weighted by atomic mass is 10.1. The lowest BCUT2D eigenvalue weighted by Crippen LogP contribution is -2.34. The van der Waals surface area contributed by atoms with E-state index in [-0.39, 0.29) is 18.4 Å². The van der Waals surface area contributed by atoms with Gasteiger partial charge in [-0.3, -0.25) is 0 Å². The van der Waals surface area contributed by atoms with E-state index in [1.54, 1.807) is 0 Å². The van der Waals surface area contributed by atoms with Gasteiger partial charge in [0.15, 0.2) is 0 Å². The van der Waals surface area contributed by atoms with Crippen LogP contribution in [-0.2, 0) is 4.74 Å². The second-order valence-corrected chi connectivity index (χ2v) is 4.52. The summed E-state index contributed by atoms with van der Waals surface area (Å²) in [5.41, 5.74) is 1.21. The Labute approximate surface area is 109 Å². The van der Waals surface area contributed by atoms with Gasteiger partial charge < -0.3 is 10.1 Å². The summed E-state index contributed by atoms with van der Waals surface area (Å²) in [6.07, 6.45) is 0. The average Bonchev–Trinajstić information content (AvgIpc) is 2.23. The number of hydrogen-bond acceptors (Lipinski definition) is 2. The number of benzene rings is 1. The molecule has 5 heteroatoms. The van der Waals surface area contributed by atoms with Gasteiger partial charge in [0, 0.05) is 11.0 Å². The fraction of sp³-hybridized carbons (Fsp3) is 0.400. The van der Waals surface area contributed by atoms with Crippen LogP contribution in [0.2, 0.25) is 5.02 Å². The predicted octanol–water partition coefficient (Wildman–Crippen LogP) is 3.19. The fourth-order valence-corrected chi connectivity index (χ4v) is 2.02. The van der Waals surface area contributed by atoms with E-state index >= 15 is 0 Å². The van der Waals surface area contributed by atoms with Crippen LogP contribution in [0.1, 0.15) is 11.6 Å². The van der Waals surface area contributed by atoms with E-state index in [9.17, 15) is 0 Å². The van der Waals surface area contributed by atoms with Gasteiger partial charge in [0.05, 0.1) is 24.3 Å². The Morgan fingerprint density at radius 1 is 1.47 bits per heavy atom. The van der Waals surface area contributed by atoms with Gasteiger partial charge in [0.2, 0.25) is 0 Å². The number of rotatable bonds is 1. The maximum atomic E-state index is 5.92. The number of ether oxygens (including phenoxy) is 1. The molecule has 2 rings (SSSR count). The number of nitrogens with one attached hydrogen (secondary N) is 1. The molecule has 0 aliphatic carbocycles. The van der Waals surface area contributed by atoms with Crippen LogP contribution in [0.3, 0.4) is 0 Å². The van der Waals surface area contributed by atoms with Crippen molar-refractivity contribution in [3.05, 3.63) is 33.3 Å². The van der Waals surface area contributed by atoms with E-state index in [2.05, 4.69) is 21.2 Å². The first-order valence-electron chi connectivity index (χ1n) is 4.53. The molecule has 1 heterocycles. The van der Waals surface area contributed by atoms with Crippen LogP contribution in [0, 0.1) is 0 Å². The molecule has 0 spiro atoms. The van der Waals surface area contributed by atoms with E-state index in [1.807, 2.05) is 18.2 Å². The molecule has 0 saturated carbocycles. The van der Waals surface area contributed by atoms with E-state index in [0.29, 0.717) is 0 Å². The van der Waals surface area contributed by atoms with Crippen LogP contribution in [0.25, 0.3) is 0 Å². The summed E-state index contributed by atoms with van der Waals surface area (Å²) < 4.78 is 6.33. The lowest BCUT2D eigenvalue weighted by molar-refractivity contribution is 0.0769. The van der Waals surface area contributed by atoms with E-state index in [4.69, 9.17) is 16.3 Å². The van der Waals surface area contributed by atoms with Crippen molar-refractivity contribution in [2.45, 2.75) is 6.04 Å². The van der Waals surface area contributed by atoms with Crippen LogP contribution in [0.4, 0.5) is 0 Å². The summed E-state index contributed by atoms with van der Waals surface area (Å²) >= 11 is 9.33. The summed E-state index contributed by atoms with van der Waals surface area (Å²) in [5.74, 6) is 0. The van der Waals surface area contributed by atoms with Crippen molar-refractivity contribution in [3.63, 3.8) is 0 Å². The Hall–Kier alpha value is 0.200. The van der Waals surface area contributed by atoms with Crippen LogP contribution in [0.5, 0.6) is 0 Å². The Kier molecular flexibility index (Phi) is 5.36. The highest BCUT2D eigenvalue weighted by Crippen LogP contribution is 2.26. The Morgan fingerprint density at radius 3 is 2.87 bits per heavy atom. The van der Waals surface area contributed by atoms with Gasteiger partial charge in [-0.15, -0.1) is 12.4 Å². The van der Waals surface area contributed by atoms with E-state index in [0.717, 1.165) is 29.3 Å². The molecule has 1 aromatic rings. The van der Waals surface area contributed by atoms with Gasteiger partial charge in [-0.05, 0) is 33.6 Å². The average molecular weight is 313 g/mol. The molecule has 1 N–H and O–H groups in total. The molecule has 1 atom stereocenters. The number of morpholine rings is 1. The highest BCUT2D eigenvalue weighted by molar-refractivity contribution is 9.10. The van der Waals surface area contributed by atoms with Crippen molar-refractivity contribution in [2.24, 2.45) is 0 Å². The zero-order chi connectivity index (χ0) is 9.97. The third kappa shape index (κ3) is 3.33. The number of hydrogen-bond donors (Lipinski definition) is 1. The smallest absolute Gasteiger partial charge is 0.0662 e. The molecule has 0 radical (unpaired) electrons. The van der Waals surface area contributed by atoms with Crippen molar-refractivity contribution in [2.75, 3.05) is 19.8 Å². The zero-order valence-corrected chi connectivity index (χ0v) is 11.2. The predicted molar refractivity (Wildman–Crippen MR) is 68.0 cm³/mol. The van der Waals surface area contributed by atoms with Crippen LogP contribution in [0.15, 0.2) is 22.7 Å². The minimum Gasteiger partial charge on any atom is -0.378 e. The van der Waals surface area contributed by atoms with Gasteiger partial charge in [-0.1, -0.05) is 17.7 Å². The van der Waals surface area contributed by atoms with Gasteiger partial charge in [-0.2, -0.15) is 0 Å². The molecule has 2 nitrogen and oxygen atoms in total. The topological polar surface area (TPSA) is 21.3 Å². The first kappa shape index (κ1) is 13.3. The summed E-state index contributed by atoms with van der Waals surface area (Å²) in [4.78, 5) is 0. The minimum absolute atomic E-state index is 0. The standard InChI is InChI=1S/C10H11BrClNO.ClH/c11-8-5-7(1-2-9(8)12)10-6-14-4-3-13-10;/h1-2,5,10,13H,3-4,6H2;1H/t10-;/m1./s1. The third-order valence-electron chi connectivity index (χ3n) is 2.27.